The summed E-state index contributed by atoms with van der Waals surface area (Å²) in [6.45, 7) is 2.01. The maximum atomic E-state index is 13.1. The Hall–Kier alpha value is -2.71. The minimum Gasteiger partial charge on any atom is -0.289 e. The van der Waals surface area contributed by atoms with E-state index in [0.717, 1.165) is 16.7 Å². The summed E-state index contributed by atoms with van der Waals surface area (Å²) in [6, 6.07) is 18.3. The minimum absolute atomic E-state index is 0.154. The van der Waals surface area contributed by atoms with E-state index < -0.39 is 0 Å². The monoisotopic (exact) mass is 332 g/mol. The summed E-state index contributed by atoms with van der Waals surface area (Å²) in [5.74, 6) is -0.350. The highest BCUT2D eigenvalue weighted by Crippen LogP contribution is 2.38. The van der Waals surface area contributed by atoms with Crippen LogP contribution in [-0.2, 0) is 0 Å². The summed E-state index contributed by atoms with van der Waals surface area (Å²) in [4.78, 5) is 25.9. The molecule has 0 saturated carbocycles. The van der Waals surface area contributed by atoms with Crippen LogP contribution >= 0.6 is 11.6 Å². The van der Waals surface area contributed by atoms with E-state index in [2.05, 4.69) is 0 Å². The first-order valence-corrected chi connectivity index (χ1v) is 8.03. The molecule has 0 N–H and O–H groups in total. The molecule has 0 atom stereocenters. The number of fused-ring (bicyclic) bond motifs is 2. The second-order valence-electron chi connectivity index (χ2n) is 5.91. The van der Waals surface area contributed by atoms with Crippen molar-refractivity contribution >= 4 is 23.2 Å². The zero-order chi connectivity index (χ0) is 16.8. The van der Waals surface area contributed by atoms with E-state index in [0.29, 0.717) is 27.3 Å². The number of carbonyl (C=O) groups excluding carboxylic acids is 2. The Morgan fingerprint density at radius 2 is 1.25 bits per heavy atom. The van der Waals surface area contributed by atoms with Crippen molar-refractivity contribution in [1.29, 1.82) is 0 Å². The highest BCUT2D eigenvalue weighted by Gasteiger charge is 2.33. The Balaban J connectivity index is 2.03. The fourth-order valence-corrected chi connectivity index (χ4v) is 3.40. The topological polar surface area (TPSA) is 34.1 Å². The van der Waals surface area contributed by atoms with E-state index in [9.17, 15) is 9.59 Å². The maximum Gasteiger partial charge on any atom is 0.196 e. The van der Waals surface area contributed by atoms with Crippen molar-refractivity contribution in [3.05, 3.63) is 93.5 Å². The van der Waals surface area contributed by atoms with Crippen LogP contribution in [0.4, 0.5) is 0 Å². The quantitative estimate of drug-likeness (QED) is 0.486. The number of carbonyl (C=O) groups is 2. The van der Waals surface area contributed by atoms with Gasteiger partial charge in [0, 0.05) is 16.7 Å². The van der Waals surface area contributed by atoms with Gasteiger partial charge in [-0.25, -0.2) is 0 Å². The molecule has 0 saturated heterocycles. The van der Waals surface area contributed by atoms with E-state index in [4.69, 9.17) is 11.6 Å². The summed E-state index contributed by atoms with van der Waals surface area (Å²) in [7, 11) is 0. The average Bonchev–Trinajstić information content (AvgIpc) is 2.60. The fourth-order valence-electron chi connectivity index (χ4n) is 3.16. The van der Waals surface area contributed by atoms with Crippen molar-refractivity contribution in [3.63, 3.8) is 0 Å². The smallest absolute Gasteiger partial charge is 0.196 e. The Bertz CT molecular complexity index is 1000. The number of hydrogen-bond acceptors (Lipinski definition) is 2. The molecular formula is C21H13ClO2. The van der Waals surface area contributed by atoms with Crippen LogP contribution in [0.1, 0.15) is 37.4 Å². The Labute approximate surface area is 144 Å². The number of aryl methyl sites for hydroxylation is 1. The molecule has 3 aromatic carbocycles. The highest BCUT2D eigenvalue weighted by molar-refractivity contribution is 6.40. The van der Waals surface area contributed by atoms with Crippen LogP contribution in [0.15, 0.2) is 60.7 Å². The van der Waals surface area contributed by atoms with Crippen LogP contribution in [0.5, 0.6) is 0 Å². The van der Waals surface area contributed by atoms with Crippen molar-refractivity contribution < 1.29 is 9.59 Å². The largest absolute Gasteiger partial charge is 0.289 e. The van der Waals surface area contributed by atoms with E-state index in [1.54, 1.807) is 30.3 Å². The molecule has 116 valence electrons. The number of halogens is 1. The fraction of sp³-hybridized carbons (Fsp3) is 0.0476. The van der Waals surface area contributed by atoms with Crippen LogP contribution < -0.4 is 0 Å². The van der Waals surface area contributed by atoms with Gasteiger partial charge in [-0.15, -0.1) is 0 Å². The van der Waals surface area contributed by atoms with Gasteiger partial charge in [-0.2, -0.15) is 0 Å². The average molecular weight is 333 g/mol. The Morgan fingerprint density at radius 3 is 1.88 bits per heavy atom. The normalized spacial score (nSPS) is 12.8. The summed E-state index contributed by atoms with van der Waals surface area (Å²) >= 11 is 6.28. The molecular weight excluding hydrogens is 320 g/mol. The lowest BCUT2D eigenvalue weighted by molar-refractivity contribution is 0.0979. The number of ketones is 2. The SMILES string of the molecule is Cc1ccc(-c2ccc(Cl)c3c2C(=O)c2ccccc2C3=O)cc1. The van der Waals surface area contributed by atoms with Crippen LogP contribution in [-0.4, -0.2) is 11.6 Å². The predicted octanol–water partition coefficient (Wildman–Crippen LogP) is 5.09. The molecule has 0 aliphatic heterocycles. The van der Waals surface area contributed by atoms with E-state index in [1.807, 2.05) is 37.3 Å². The summed E-state index contributed by atoms with van der Waals surface area (Å²) in [5.41, 5.74) is 4.32. The van der Waals surface area contributed by atoms with Crippen molar-refractivity contribution in [1.82, 2.24) is 0 Å². The zero-order valence-electron chi connectivity index (χ0n) is 13.0. The second kappa shape index (κ2) is 5.43. The summed E-state index contributed by atoms with van der Waals surface area (Å²) in [6.07, 6.45) is 0. The lowest BCUT2D eigenvalue weighted by atomic mass is 9.80. The van der Waals surface area contributed by atoms with Gasteiger partial charge in [0.05, 0.1) is 10.6 Å². The Morgan fingerprint density at radius 1 is 0.667 bits per heavy atom. The van der Waals surface area contributed by atoms with Crippen molar-refractivity contribution in [2.45, 2.75) is 6.92 Å². The van der Waals surface area contributed by atoms with E-state index in [-0.39, 0.29) is 11.6 Å². The van der Waals surface area contributed by atoms with Crippen molar-refractivity contribution in [3.8, 4) is 11.1 Å². The zero-order valence-corrected chi connectivity index (χ0v) is 13.7. The molecule has 0 radical (unpaired) electrons. The molecule has 0 amide bonds. The molecule has 0 heterocycles. The van der Waals surface area contributed by atoms with Gasteiger partial charge in [-0.1, -0.05) is 71.8 Å². The van der Waals surface area contributed by atoms with Gasteiger partial charge in [0.2, 0.25) is 0 Å². The molecule has 0 unspecified atom stereocenters. The van der Waals surface area contributed by atoms with Crippen LogP contribution in [0.2, 0.25) is 5.02 Å². The van der Waals surface area contributed by atoms with E-state index in [1.165, 1.54) is 0 Å². The van der Waals surface area contributed by atoms with Gasteiger partial charge in [-0.05, 0) is 24.1 Å². The Kier molecular flexibility index (Phi) is 3.36. The van der Waals surface area contributed by atoms with Crippen LogP contribution in [0.25, 0.3) is 11.1 Å². The van der Waals surface area contributed by atoms with Gasteiger partial charge in [0.15, 0.2) is 11.6 Å². The van der Waals surface area contributed by atoms with Gasteiger partial charge in [0.1, 0.15) is 0 Å². The first kappa shape index (κ1) is 14.9. The predicted molar refractivity (Wildman–Crippen MR) is 94.9 cm³/mol. The standard InChI is InChI=1S/C21H13ClO2/c1-12-6-8-13(9-7-12)14-10-11-17(22)19-18(14)20(23)15-4-2-3-5-16(15)21(19)24/h2-11H,1H3. The van der Waals surface area contributed by atoms with Gasteiger partial charge in [0.25, 0.3) is 0 Å². The molecule has 1 aliphatic rings. The number of rotatable bonds is 1. The minimum atomic E-state index is -0.195. The van der Waals surface area contributed by atoms with Crippen LogP contribution in [0, 0.1) is 6.92 Å². The molecule has 3 heteroatoms. The van der Waals surface area contributed by atoms with Gasteiger partial charge in [-0.3, -0.25) is 9.59 Å². The molecule has 0 aromatic heterocycles. The number of benzene rings is 3. The molecule has 0 spiro atoms. The molecule has 3 aromatic rings. The summed E-state index contributed by atoms with van der Waals surface area (Å²) in [5, 5.41) is 0.314. The van der Waals surface area contributed by atoms with E-state index >= 15 is 0 Å². The third kappa shape index (κ3) is 2.11. The van der Waals surface area contributed by atoms with Gasteiger partial charge >= 0.3 is 0 Å². The lowest BCUT2D eigenvalue weighted by Gasteiger charge is -2.21. The molecule has 1 aliphatic carbocycles. The van der Waals surface area contributed by atoms with Crippen LogP contribution in [0.3, 0.4) is 0 Å². The van der Waals surface area contributed by atoms with Crippen molar-refractivity contribution in [2.24, 2.45) is 0 Å². The molecule has 24 heavy (non-hydrogen) atoms. The first-order chi connectivity index (χ1) is 11.6. The third-order valence-corrected chi connectivity index (χ3v) is 4.70. The molecule has 2 nitrogen and oxygen atoms in total. The van der Waals surface area contributed by atoms with Gasteiger partial charge < -0.3 is 0 Å². The molecule has 0 fully saturated rings. The second-order valence-corrected chi connectivity index (χ2v) is 6.32. The highest BCUT2D eigenvalue weighted by atomic mass is 35.5. The lowest BCUT2D eigenvalue weighted by Crippen LogP contribution is -2.22. The third-order valence-electron chi connectivity index (χ3n) is 4.39. The summed E-state index contributed by atoms with van der Waals surface area (Å²) < 4.78 is 0. The first-order valence-electron chi connectivity index (χ1n) is 7.66. The molecule has 0 bridgehead atoms. The van der Waals surface area contributed by atoms with Crippen molar-refractivity contribution in [2.75, 3.05) is 0 Å². The number of hydrogen-bond donors (Lipinski definition) is 0. The maximum absolute atomic E-state index is 13.1. The molecule has 4 rings (SSSR count).